The Morgan fingerprint density at radius 3 is 1.42 bits per heavy atom. The predicted molar refractivity (Wildman–Crippen MR) is 300 cm³/mol. The van der Waals surface area contributed by atoms with Crippen LogP contribution in [0, 0.1) is 22.7 Å². The van der Waals surface area contributed by atoms with E-state index in [4.69, 9.17) is 38.6 Å². The smallest absolute Gasteiger partial charge is 0.454 e. The summed E-state index contributed by atoms with van der Waals surface area (Å²) in [5.41, 5.74) is 15.0. The molecular weight excluding hydrogens is 983 g/mol. The van der Waals surface area contributed by atoms with Crippen molar-refractivity contribution in [3.63, 3.8) is 0 Å². The summed E-state index contributed by atoms with van der Waals surface area (Å²) in [6.45, 7) is 8.30. The summed E-state index contributed by atoms with van der Waals surface area (Å²) < 4.78 is 31.0. The molecular formula is C62H42BBrN6O4. The molecule has 0 N–H and O–H groups in total. The Hall–Kier alpha value is -8.78. The maximum atomic E-state index is 9.11. The number of aromatic nitrogens is 4. The van der Waals surface area contributed by atoms with Crippen molar-refractivity contribution < 1.29 is 18.1 Å². The molecule has 14 aromatic rings. The van der Waals surface area contributed by atoms with E-state index in [-0.39, 0.29) is 0 Å². The van der Waals surface area contributed by atoms with Crippen LogP contribution in [-0.2, 0) is 9.31 Å². The van der Waals surface area contributed by atoms with Crippen LogP contribution in [0.25, 0.3) is 110 Å². The van der Waals surface area contributed by atoms with Crippen molar-refractivity contribution in [3.8, 4) is 23.3 Å². The van der Waals surface area contributed by atoms with E-state index in [1.54, 1.807) is 12.1 Å². The van der Waals surface area contributed by atoms with Crippen molar-refractivity contribution in [2.45, 2.75) is 38.9 Å². The van der Waals surface area contributed by atoms with Crippen molar-refractivity contribution in [2.75, 3.05) is 0 Å². The number of hydrogen-bond donors (Lipinski definition) is 0. The van der Waals surface area contributed by atoms with Gasteiger partial charge in [-0.1, -0.05) is 113 Å². The largest absolute Gasteiger partial charge is 0.494 e. The van der Waals surface area contributed by atoms with Crippen LogP contribution in [0.15, 0.2) is 195 Å². The molecule has 1 aliphatic heterocycles. The molecule has 0 bridgehead atoms. The second kappa shape index (κ2) is 17.2. The van der Waals surface area contributed by atoms with Crippen molar-refractivity contribution in [1.29, 1.82) is 10.5 Å². The van der Waals surface area contributed by atoms with Crippen LogP contribution in [0.1, 0.15) is 38.8 Å². The molecule has 0 aliphatic carbocycles. The summed E-state index contributed by atoms with van der Waals surface area (Å²) in [6.07, 6.45) is 0. The van der Waals surface area contributed by atoms with E-state index >= 15 is 0 Å². The zero-order valence-corrected chi connectivity index (χ0v) is 42.2. The Kier molecular flexibility index (Phi) is 10.5. The Bertz CT molecular complexity index is 4660. The van der Waals surface area contributed by atoms with Crippen LogP contribution in [0.3, 0.4) is 0 Å². The molecule has 12 heteroatoms. The molecule has 8 aromatic carbocycles. The average molecular weight is 1030 g/mol. The quantitative estimate of drug-likeness (QED) is 0.157. The fourth-order valence-electron chi connectivity index (χ4n) is 10.2. The number of furan rings is 2. The van der Waals surface area contributed by atoms with Crippen LogP contribution in [0.5, 0.6) is 0 Å². The van der Waals surface area contributed by atoms with E-state index in [2.05, 4.69) is 125 Å². The number of rotatable bonds is 2. The average Bonchev–Trinajstić information content (AvgIpc) is 4.26. The molecule has 15 rings (SSSR count). The van der Waals surface area contributed by atoms with Gasteiger partial charge in [0.1, 0.15) is 33.5 Å². The highest BCUT2D eigenvalue weighted by Gasteiger charge is 2.51. The van der Waals surface area contributed by atoms with Gasteiger partial charge in [0, 0.05) is 36.8 Å². The third-order valence-electron chi connectivity index (χ3n) is 14.6. The number of nitrogens with zero attached hydrogens (tertiary/aromatic N) is 6. The second-order valence-corrected chi connectivity index (χ2v) is 20.4. The molecule has 10 nitrogen and oxygen atoms in total. The van der Waals surface area contributed by atoms with E-state index in [9.17, 15) is 0 Å². The summed E-state index contributed by atoms with van der Waals surface area (Å²) >= 11 is 3.27. The summed E-state index contributed by atoms with van der Waals surface area (Å²) in [5.74, 6) is 0. The molecule has 1 saturated heterocycles. The SMILES string of the molecule is CC1(C)OB(c2ccc3oc4c5ccccc5c5nc6ccccc6n5c4c3c2)OC1(C)C.N#Cc1ccc(-c2ccc3oc4c5ccccc5c5nc6ccccc6n5c4c3c2)cc1.N#Cc1ccc(Br)cc1. The molecule has 0 spiro atoms. The fourth-order valence-corrected chi connectivity index (χ4v) is 10.4. The monoisotopic (exact) mass is 1020 g/mol. The minimum absolute atomic E-state index is 0.394. The predicted octanol–water partition coefficient (Wildman–Crippen LogP) is 15.2. The minimum atomic E-state index is -0.431. The summed E-state index contributed by atoms with van der Waals surface area (Å²) in [5, 5.41) is 23.8. The molecule has 0 atom stereocenters. The lowest BCUT2D eigenvalue weighted by Crippen LogP contribution is -2.41. The number of halogens is 1. The van der Waals surface area contributed by atoms with Gasteiger partial charge in [-0.2, -0.15) is 10.5 Å². The Morgan fingerprint density at radius 2 is 0.905 bits per heavy atom. The molecule has 0 amide bonds. The van der Waals surface area contributed by atoms with Crippen LogP contribution in [0.2, 0.25) is 0 Å². The molecule has 1 fully saturated rings. The topological polar surface area (TPSA) is 127 Å². The van der Waals surface area contributed by atoms with Gasteiger partial charge in [-0.25, -0.2) is 9.97 Å². The molecule has 7 heterocycles. The highest BCUT2D eigenvalue weighted by molar-refractivity contribution is 9.10. The summed E-state index contributed by atoms with van der Waals surface area (Å²) in [4.78, 5) is 9.96. The lowest BCUT2D eigenvalue weighted by atomic mass is 9.78. The van der Waals surface area contributed by atoms with E-state index in [0.717, 1.165) is 120 Å². The van der Waals surface area contributed by atoms with Gasteiger partial charge in [-0.15, -0.1) is 0 Å². The highest BCUT2D eigenvalue weighted by atomic mass is 79.9. The standard InChI is InChI=1S/C28H15N3O.C27H23BN2O3.C7H4BrN/c29-16-17-9-11-18(12-10-17)19-13-14-25-22(15-19)26-27(32-25)20-5-1-2-6-21(20)28-30-23-7-3-4-8-24(23)31(26)28;1-26(2)27(3,4)33-28(32-26)16-13-14-22-19(15-16)23-24(31-22)17-9-5-6-10-18(17)25-29-20-11-7-8-12-21(20)30(23)25;8-7-3-1-6(5-9)2-4-7/h1-15H;5-15H,1-4H3;1-4H. The number of para-hydroxylation sites is 4. The first-order valence-corrected chi connectivity index (χ1v) is 25.1. The molecule has 6 aromatic heterocycles. The Labute approximate surface area is 432 Å². The van der Waals surface area contributed by atoms with E-state index in [1.165, 1.54) is 0 Å². The molecule has 0 radical (unpaired) electrons. The molecule has 0 unspecified atom stereocenters. The van der Waals surface area contributed by atoms with Crippen molar-refractivity contribution in [1.82, 2.24) is 18.8 Å². The van der Waals surface area contributed by atoms with Gasteiger partial charge in [0.15, 0.2) is 11.2 Å². The van der Waals surface area contributed by atoms with E-state index in [0.29, 0.717) is 11.1 Å². The van der Waals surface area contributed by atoms with E-state index in [1.807, 2.05) is 109 Å². The van der Waals surface area contributed by atoms with E-state index < -0.39 is 18.3 Å². The molecule has 74 heavy (non-hydrogen) atoms. The first-order valence-electron chi connectivity index (χ1n) is 24.3. The third kappa shape index (κ3) is 7.21. The summed E-state index contributed by atoms with van der Waals surface area (Å²) in [6, 6.07) is 64.6. The van der Waals surface area contributed by atoms with Gasteiger partial charge < -0.3 is 18.1 Å². The normalized spacial score (nSPS) is 14.1. The maximum absolute atomic E-state index is 9.11. The number of imidazole rings is 2. The first kappa shape index (κ1) is 45.1. The fraction of sp³-hybridized carbons (Fsp3) is 0.0968. The van der Waals surface area contributed by atoms with Gasteiger partial charge in [0.2, 0.25) is 0 Å². The third-order valence-corrected chi connectivity index (χ3v) is 15.1. The van der Waals surface area contributed by atoms with Crippen LogP contribution in [-0.4, -0.2) is 37.1 Å². The number of pyridine rings is 2. The minimum Gasteiger partial charge on any atom is -0.454 e. The molecule has 1 aliphatic rings. The van der Waals surface area contributed by atoms with Gasteiger partial charge in [-0.05, 0) is 129 Å². The van der Waals surface area contributed by atoms with Gasteiger partial charge in [0.25, 0.3) is 0 Å². The lowest BCUT2D eigenvalue weighted by Gasteiger charge is -2.32. The van der Waals surface area contributed by atoms with Crippen molar-refractivity contribution in [2.24, 2.45) is 0 Å². The number of fused-ring (bicyclic) bond motifs is 20. The van der Waals surface area contributed by atoms with Gasteiger partial charge in [0.05, 0.1) is 56.5 Å². The maximum Gasteiger partial charge on any atom is 0.494 e. The van der Waals surface area contributed by atoms with Gasteiger partial charge >= 0.3 is 7.12 Å². The lowest BCUT2D eigenvalue weighted by molar-refractivity contribution is 0.00578. The van der Waals surface area contributed by atoms with Crippen LogP contribution >= 0.6 is 15.9 Å². The number of nitriles is 2. The Morgan fingerprint density at radius 1 is 0.473 bits per heavy atom. The Balaban J connectivity index is 0.000000123. The number of benzene rings is 8. The van der Waals surface area contributed by atoms with Crippen molar-refractivity contribution >= 4 is 128 Å². The van der Waals surface area contributed by atoms with Crippen molar-refractivity contribution in [3.05, 3.63) is 198 Å². The summed E-state index contributed by atoms with van der Waals surface area (Å²) in [7, 11) is -0.431. The zero-order chi connectivity index (χ0) is 50.5. The molecule has 354 valence electrons. The highest BCUT2D eigenvalue weighted by Crippen LogP contribution is 2.42. The second-order valence-electron chi connectivity index (χ2n) is 19.5. The zero-order valence-electron chi connectivity index (χ0n) is 40.6. The van der Waals surface area contributed by atoms with Crippen LogP contribution < -0.4 is 5.46 Å². The first-order chi connectivity index (χ1) is 36.0. The molecule has 0 saturated carbocycles. The number of hydrogen-bond acceptors (Lipinski definition) is 8. The van der Waals surface area contributed by atoms with Crippen LogP contribution in [0.4, 0.5) is 0 Å². The van der Waals surface area contributed by atoms with Gasteiger partial charge in [-0.3, -0.25) is 8.80 Å².